The highest BCUT2D eigenvalue weighted by Crippen LogP contribution is 2.33. The molecule has 0 saturated carbocycles. The fraction of sp³-hybridized carbons (Fsp3) is 0.478. The van der Waals surface area contributed by atoms with E-state index in [9.17, 15) is 0 Å². The van der Waals surface area contributed by atoms with Gasteiger partial charge in [-0.15, -0.1) is 0 Å². The molecule has 5 heterocycles. The van der Waals surface area contributed by atoms with Crippen molar-refractivity contribution in [3.05, 3.63) is 35.4 Å². The van der Waals surface area contributed by atoms with E-state index in [1.807, 2.05) is 6.07 Å². The van der Waals surface area contributed by atoms with Gasteiger partial charge in [0.25, 0.3) is 6.01 Å². The quantitative estimate of drug-likeness (QED) is 0.655. The third-order valence-corrected chi connectivity index (χ3v) is 6.74. The van der Waals surface area contributed by atoms with E-state index in [0.29, 0.717) is 29.9 Å². The topological polar surface area (TPSA) is 72.5 Å². The van der Waals surface area contributed by atoms with Gasteiger partial charge in [-0.2, -0.15) is 4.98 Å². The maximum atomic E-state index is 6.58. The van der Waals surface area contributed by atoms with Crippen molar-refractivity contribution in [1.82, 2.24) is 15.0 Å². The fourth-order valence-corrected chi connectivity index (χ4v) is 5.07. The lowest BCUT2D eigenvalue weighted by molar-refractivity contribution is 0.0273. The molecule has 3 aliphatic heterocycles. The standard InChI is InChI=1S/C23H25ClN4O3/c24-16-12-17-22(27-23(25-17)31-19-13-30-18-8-11-29-21(18)19)26-20(16)14-4-6-15(7-5-14)28-9-2-1-3-10-28/h4-7,12,18-19,21H,1-3,8-11,13H2,(H,25,26,27)/t18-,19-,21+/m1/s1. The van der Waals surface area contributed by atoms with Crippen LogP contribution in [0.3, 0.4) is 0 Å². The van der Waals surface area contributed by atoms with Crippen molar-refractivity contribution in [3.8, 4) is 17.3 Å². The summed E-state index contributed by atoms with van der Waals surface area (Å²) in [5.41, 5.74) is 4.28. The van der Waals surface area contributed by atoms with Gasteiger partial charge >= 0.3 is 0 Å². The Bertz CT molecular complexity index is 1080. The van der Waals surface area contributed by atoms with Crippen LogP contribution in [-0.2, 0) is 9.47 Å². The van der Waals surface area contributed by atoms with Crippen LogP contribution < -0.4 is 9.64 Å². The first kappa shape index (κ1) is 19.3. The first-order valence-corrected chi connectivity index (χ1v) is 11.4. The molecule has 2 aromatic heterocycles. The lowest BCUT2D eigenvalue weighted by Gasteiger charge is -2.28. The second kappa shape index (κ2) is 7.97. The van der Waals surface area contributed by atoms with Gasteiger partial charge in [-0.05, 0) is 43.9 Å². The van der Waals surface area contributed by atoms with Crippen LogP contribution in [0.2, 0.25) is 5.02 Å². The number of nitrogens with zero attached hydrogens (tertiary/aromatic N) is 3. The summed E-state index contributed by atoms with van der Waals surface area (Å²) in [6.45, 7) is 3.47. The minimum absolute atomic E-state index is 0.0289. The summed E-state index contributed by atoms with van der Waals surface area (Å²) < 4.78 is 17.5. The van der Waals surface area contributed by atoms with E-state index in [2.05, 4.69) is 39.1 Å². The second-order valence-corrected chi connectivity index (χ2v) is 8.89. The van der Waals surface area contributed by atoms with Crippen LogP contribution in [0.5, 0.6) is 6.01 Å². The summed E-state index contributed by atoms with van der Waals surface area (Å²) >= 11 is 6.58. The molecule has 162 valence electrons. The molecule has 3 saturated heterocycles. The van der Waals surface area contributed by atoms with Gasteiger partial charge in [0.05, 0.1) is 28.9 Å². The van der Waals surface area contributed by atoms with Crippen molar-refractivity contribution < 1.29 is 14.2 Å². The Labute approximate surface area is 185 Å². The Kier molecular flexibility index (Phi) is 4.97. The molecular formula is C23H25ClN4O3. The van der Waals surface area contributed by atoms with E-state index in [0.717, 1.165) is 36.3 Å². The molecule has 0 unspecified atom stereocenters. The molecule has 0 aliphatic carbocycles. The highest BCUT2D eigenvalue weighted by molar-refractivity contribution is 6.33. The number of nitrogens with one attached hydrogen (secondary N) is 1. The van der Waals surface area contributed by atoms with Crippen LogP contribution in [0.15, 0.2) is 30.3 Å². The molecular weight excluding hydrogens is 416 g/mol. The molecule has 0 radical (unpaired) electrons. The fourth-order valence-electron chi connectivity index (χ4n) is 4.81. The highest BCUT2D eigenvalue weighted by Gasteiger charge is 2.43. The SMILES string of the molecule is Clc1cc2[nH]c(O[C@@H]3CO[C@@H]4CCO[C@@H]43)nc2nc1-c1ccc(N2CCCCC2)cc1. The lowest BCUT2D eigenvalue weighted by atomic mass is 10.1. The molecule has 6 rings (SSSR count). The summed E-state index contributed by atoms with van der Waals surface area (Å²) in [5, 5.41) is 0.580. The number of imidazole rings is 1. The Hall–Kier alpha value is -2.35. The zero-order valence-electron chi connectivity index (χ0n) is 17.2. The number of rotatable bonds is 4. The van der Waals surface area contributed by atoms with Crippen LogP contribution in [0.25, 0.3) is 22.4 Å². The van der Waals surface area contributed by atoms with Crippen LogP contribution in [-0.4, -0.2) is 59.6 Å². The number of pyridine rings is 1. The number of H-pyrrole nitrogens is 1. The van der Waals surface area contributed by atoms with E-state index in [1.54, 1.807) is 0 Å². The van der Waals surface area contributed by atoms with Gasteiger partial charge in [0.15, 0.2) is 11.8 Å². The van der Waals surface area contributed by atoms with Gasteiger partial charge in [-0.3, -0.25) is 0 Å². The third kappa shape index (κ3) is 3.64. The van der Waals surface area contributed by atoms with E-state index in [4.69, 9.17) is 30.8 Å². The Morgan fingerprint density at radius 1 is 1.06 bits per heavy atom. The molecule has 0 spiro atoms. The van der Waals surface area contributed by atoms with Gasteiger partial charge in [0.2, 0.25) is 0 Å². The Morgan fingerprint density at radius 2 is 1.90 bits per heavy atom. The van der Waals surface area contributed by atoms with Crippen LogP contribution in [0.1, 0.15) is 25.7 Å². The van der Waals surface area contributed by atoms with Gasteiger partial charge in [0.1, 0.15) is 6.10 Å². The van der Waals surface area contributed by atoms with Crippen molar-refractivity contribution in [2.24, 2.45) is 0 Å². The van der Waals surface area contributed by atoms with Gasteiger partial charge < -0.3 is 24.1 Å². The van der Waals surface area contributed by atoms with E-state index in [1.165, 1.54) is 24.9 Å². The number of ether oxygens (including phenoxy) is 3. The predicted molar refractivity (Wildman–Crippen MR) is 119 cm³/mol. The number of anilines is 1. The normalized spacial score (nSPS) is 25.8. The Morgan fingerprint density at radius 3 is 2.74 bits per heavy atom. The summed E-state index contributed by atoms with van der Waals surface area (Å²) in [6, 6.07) is 10.8. The second-order valence-electron chi connectivity index (χ2n) is 8.48. The molecule has 8 heteroatoms. The van der Waals surface area contributed by atoms with Crippen molar-refractivity contribution in [2.75, 3.05) is 31.2 Å². The molecule has 3 fully saturated rings. The molecule has 3 atom stereocenters. The average molecular weight is 441 g/mol. The van der Waals surface area contributed by atoms with Gasteiger partial charge in [-0.1, -0.05) is 23.7 Å². The monoisotopic (exact) mass is 440 g/mol. The number of fused-ring (bicyclic) bond motifs is 2. The minimum atomic E-state index is -0.162. The van der Waals surface area contributed by atoms with Crippen molar-refractivity contribution in [2.45, 2.75) is 44.0 Å². The average Bonchev–Trinajstić information content (AvgIpc) is 3.51. The van der Waals surface area contributed by atoms with Crippen molar-refractivity contribution in [3.63, 3.8) is 0 Å². The van der Waals surface area contributed by atoms with Crippen molar-refractivity contribution in [1.29, 1.82) is 0 Å². The number of hydrogen-bond acceptors (Lipinski definition) is 6. The highest BCUT2D eigenvalue weighted by atomic mass is 35.5. The van der Waals surface area contributed by atoms with Crippen molar-refractivity contribution >= 4 is 28.5 Å². The molecule has 3 aliphatic rings. The van der Waals surface area contributed by atoms with Gasteiger partial charge in [0, 0.05) is 30.9 Å². The third-order valence-electron chi connectivity index (χ3n) is 6.45. The number of hydrogen-bond donors (Lipinski definition) is 1. The number of halogens is 1. The smallest absolute Gasteiger partial charge is 0.296 e. The summed E-state index contributed by atoms with van der Waals surface area (Å²) in [5.74, 6) is 0. The maximum Gasteiger partial charge on any atom is 0.296 e. The number of benzene rings is 1. The van der Waals surface area contributed by atoms with E-state index < -0.39 is 0 Å². The summed E-state index contributed by atoms with van der Waals surface area (Å²) in [6.07, 6.45) is 4.70. The number of aromatic amines is 1. The van der Waals surface area contributed by atoms with Gasteiger partial charge in [-0.25, -0.2) is 4.98 Å². The molecule has 0 amide bonds. The zero-order chi connectivity index (χ0) is 20.8. The Balaban J connectivity index is 1.24. The first-order chi connectivity index (χ1) is 15.2. The van der Waals surface area contributed by atoms with Crippen LogP contribution >= 0.6 is 11.6 Å². The largest absolute Gasteiger partial charge is 0.456 e. The lowest BCUT2D eigenvalue weighted by Crippen LogP contribution is -2.32. The molecule has 3 aromatic rings. The molecule has 0 bridgehead atoms. The predicted octanol–water partition coefficient (Wildman–Crippen LogP) is 4.20. The van der Waals surface area contributed by atoms with E-state index in [-0.39, 0.29) is 18.3 Å². The summed E-state index contributed by atoms with van der Waals surface area (Å²) in [7, 11) is 0. The van der Waals surface area contributed by atoms with Crippen LogP contribution in [0.4, 0.5) is 5.69 Å². The number of piperidine rings is 1. The van der Waals surface area contributed by atoms with E-state index >= 15 is 0 Å². The molecule has 1 aromatic carbocycles. The summed E-state index contributed by atoms with van der Waals surface area (Å²) in [4.78, 5) is 14.9. The molecule has 31 heavy (non-hydrogen) atoms. The molecule has 7 nitrogen and oxygen atoms in total. The number of aromatic nitrogens is 3. The zero-order valence-corrected chi connectivity index (χ0v) is 18.0. The first-order valence-electron chi connectivity index (χ1n) is 11.1. The molecule has 1 N–H and O–H groups in total. The minimum Gasteiger partial charge on any atom is -0.456 e. The van der Waals surface area contributed by atoms with Crippen LogP contribution in [0, 0.1) is 0 Å². The maximum absolute atomic E-state index is 6.58.